The molecule has 0 aliphatic rings. The van der Waals surface area contributed by atoms with Gasteiger partial charge in [-0.3, -0.25) is 14.3 Å². The monoisotopic (exact) mass is 421 g/mol. The van der Waals surface area contributed by atoms with Crippen molar-refractivity contribution < 1.29 is 31.6 Å². The molecule has 30 heavy (non-hydrogen) atoms. The number of ketones is 1. The summed E-state index contributed by atoms with van der Waals surface area (Å²) in [5, 5.41) is 6.52. The van der Waals surface area contributed by atoms with Crippen LogP contribution in [0.25, 0.3) is 6.08 Å². The number of rotatable bonds is 6. The molecule has 1 N–H and O–H groups in total. The number of hydrogen-bond donors (Lipinski definition) is 1. The number of hydrogen-bond acceptors (Lipinski definition) is 4. The van der Waals surface area contributed by atoms with Gasteiger partial charge in [0.15, 0.2) is 17.4 Å². The summed E-state index contributed by atoms with van der Waals surface area (Å²) in [4.78, 5) is 23.2. The van der Waals surface area contributed by atoms with Crippen LogP contribution in [-0.2, 0) is 17.5 Å². The van der Waals surface area contributed by atoms with Gasteiger partial charge in [0.2, 0.25) is 5.91 Å². The Morgan fingerprint density at radius 2 is 1.97 bits per heavy atom. The first-order valence-corrected chi connectivity index (χ1v) is 8.61. The Morgan fingerprint density at radius 3 is 2.63 bits per heavy atom. The van der Waals surface area contributed by atoms with Gasteiger partial charge in [-0.15, -0.1) is 0 Å². The van der Waals surface area contributed by atoms with E-state index >= 15 is 0 Å². The summed E-state index contributed by atoms with van der Waals surface area (Å²) < 4.78 is 59.0. The largest absolute Gasteiger partial charge is 0.456 e. The van der Waals surface area contributed by atoms with Gasteiger partial charge in [0, 0.05) is 30.8 Å². The van der Waals surface area contributed by atoms with Crippen LogP contribution in [0.15, 0.2) is 53.1 Å². The Balaban J connectivity index is 1.64. The number of amides is 1. The fraction of sp³-hybridized carbons (Fsp3) is 0.150. The molecule has 10 heteroatoms. The van der Waals surface area contributed by atoms with Crippen molar-refractivity contribution in [2.75, 3.05) is 5.32 Å². The van der Waals surface area contributed by atoms with Crippen molar-refractivity contribution in [3.63, 3.8) is 0 Å². The van der Waals surface area contributed by atoms with Gasteiger partial charge < -0.3 is 9.73 Å². The second-order valence-corrected chi connectivity index (χ2v) is 6.25. The predicted molar refractivity (Wildman–Crippen MR) is 99.1 cm³/mol. The van der Waals surface area contributed by atoms with Crippen molar-refractivity contribution in [3.05, 3.63) is 77.1 Å². The molecule has 0 unspecified atom stereocenters. The first-order valence-electron chi connectivity index (χ1n) is 8.61. The zero-order valence-corrected chi connectivity index (χ0v) is 15.5. The van der Waals surface area contributed by atoms with Crippen molar-refractivity contribution in [1.82, 2.24) is 9.78 Å². The Hall–Kier alpha value is -3.69. The fourth-order valence-corrected chi connectivity index (χ4v) is 2.56. The Labute approximate surface area is 167 Å². The molecule has 0 aliphatic carbocycles. The van der Waals surface area contributed by atoms with E-state index in [1.54, 1.807) is 18.3 Å². The molecule has 0 saturated heterocycles. The Kier molecular flexibility index (Phi) is 5.86. The number of alkyl halides is 3. The number of benzene rings is 1. The normalized spacial score (nSPS) is 11.8. The quantitative estimate of drug-likeness (QED) is 0.360. The fourth-order valence-electron chi connectivity index (χ4n) is 2.56. The zero-order chi connectivity index (χ0) is 21.9. The van der Waals surface area contributed by atoms with Gasteiger partial charge in [0.25, 0.3) is 0 Å². The smallest absolute Gasteiger partial charge is 0.419 e. The molecule has 2 heterocycles. The summed E-state index contributed by atoms with van der Waals surface area (Å²) in [5.74, 6) is -1.49. The molecular weight excluding hydrogens is 406 g/mol. The molecule has 3 aromatic rings. The molecule has 0 fully saturated rings. The van der Waals surface area contributed by atoms with E-state index in [-0.39, 0.29) is 29.5 Å². The SMILES string of the molecule is CC(=O)c1ccc(Cn2ccc(NC(=O)C=Cc3cccc(C(F)(F)F)c3F)n2)o1. The van der Waals surface area contributed by atoms with Crippen LogP contribution in [0.3, 0.4) is 0 Å². The number of aromatic nitrogens is 2. The van der Waals surface area contributed by atoms with Crippen LogP contribution in [0, 0.1) is 5.82 Å². The minimum absolute atomic E-state index is 0.174. The van der Waals surface area contributed by atoms with E-state index in [4.69, 9.17) is 4.42 Å². The summed E-state index contributed by atoms with van der Waals surface area (Å²) in [5.41, 5.74) is -1.78. The maximum atomic E-state index is 14.0. The second kappa shape index (κ2) is 8.36. The number of anilines is 1. The lowest BCUT2D eigenvalue weighted by molar-refractivity contribution is -0.140. The van der Waals surface area contributed by atoms with E-state index in [1.165, 1.54) is 17.7 Å². The van der Waals surface area contributed by atoms with Crippen LogP contribution < -0.4 is 5.32 Å². The first-order chi connectivity index (χ1) is 14.1. The molecule has 1 amide bonds. The van der Waals surface area contributed by atoms with Crippen molar-refractivity contribution in [1.29, 1.82) is 0 Å². The summed E-state index contributed by atoms with van der Waals surface area (Å²) in [7, 11) is 0. The van der Waals surface area contributed by atoms with E-state index in [9.17, 15) is 27.2 Å². The molecule has 0 radical (unpaired) electrons. The topological polar surface area (TPSA) is 77.1 Å². The highest BCUT2D eigenvalue weighted by molar-refractivity contribution is 6.01. The number of nitrogens with zero attached hydrogens (tertiary/aromatic N) is 2. The second-order valence-electron chi connectivity index (χ2n) is 6.25. The van der Waals surface area contributed by atoms with Gasteiger partial charge >= 0.3 is 6.18 Å². The van der Waals surface area contributed by atoms with Crippen LogP contribution in [0.2, 0.25) is 0 Å². The highest BCUT2D eigenvalue weighted by Gasteiger charge is 2.34. The maximum absolute atomic E-state index is 14.0. The highest BCUT2D eigenvalue weighted by Crippen LogP contribution is 2.32. The minimum atomic E-state index is -4.83. The number of nitrogens with one attached hydrogen (secondary N) is 1. The molecule has 156 valence electrons. The van der Waals surface area contributed by atoms with Crippen LogP contribution in [0.4, 0.5) is 23.4 Å². The van der Waals surface area contributed by atoms with Crippen LogP contribution >= 0.6 is 0 Å². The van der Waals surface area contributed by atoms with E-state index in [0.717, 1.165) is 24.3 Å². The van der Waals surface area contributed by atoms with Crippen molar-refractivity contribution >= 4 is 23.6 Å². The third kappa shape index (κ3) is 5.02. The lowest BCUT2D eigenvalue weighted by Gasteiger charge is -2.09. The third-order valence-electron chi connectivity index (χ3n) is 3.97. The van der Waals surface area contributed by atoms with Gasteiger partial charge in [-0.25, -0.2) is 4.39 Å². The summed E-state index contributed by atoms with van der Waals surface area (Å²) >= 11 is 0. The standard InChI is InChI=1S/C20H15F4N3O3/c1-12(28)16-7-6-14(30-16)11-27-10-9-17(26-27)25-18(29)8-5-13-3-2-4-15(19(13)21)20(22,23)24/h2-10H,11H2,1H3,(H,25,26,29). The molecule has 0 atom stereocenters. The summed E-state index contributed by atoms with van der Waals surface area (Å²) in [6, 6.07) is 7.47. The van der Waals surface area contributed by atoms with Crippen LogP contribution in [0.1, 0.15) is 34.4 Å². The van der Waals surface area contributed by atoms with E-state index in [2.05, 4.69) is 10.4 Å². The van der Waals surface area contributed by atoms with Gasteiger partial charge in [0.05, 0.1) is 12.1 Å². The average Bonchev–Trinajstić information content (AvgIpc) is 3.30. The third-order valence-corrected chi connectivity index (χ3v) is 3.97. The highest BCUT2D eigenvalue weighted by atomic mass is 19.4. The molecule has 0 spiro atoms. The lowest BCUT2D eigenvalue weighted by atomic mass is 10.1. The predicted octanol–water partition coefficient (Wildman–Crippen LogP) is 4.54. The molecule has 3 rings (SSSR count). The maximum Gasteiger partial charge on any atom is 0.419 e. The zero-order valence-electron chi connectivity index (χ0n) is 15.5. The molecule has 6 nitrogen and oxygen atoms in total. The van der Waals surface area contributed by atoms with E-state index in [1.807, 2.05) is 0 Å². The summed E-state index contributed by atoms with van der Waals surface area (Å²) in [6.45, 7) is 1.59. The number of furan rings is 1. The van der Waals surface area contributed by atoms with Gasteiger partial charge in [-0.1, -0.05) is 12.1 Å². The minimum Gasteiger partial charge on any atom is -0.456 e. The molecule has 0 aliphatic heterocycles. The molecular formula is C20H15F4N3O3. The van der Waals surface area contributed by atoms with Crippen molar-refractivity contribution in [2.45, 2.75) is 19.6 Å². The average molecular weight is 421 g/mol. The summed E-state index contributed by atoms with van der Waals surface area (Å²) in [6.07, 6.45) is -1.42. The van der Waals surface area contributed by atoms with Crippen LogP contribution in [-0.4, -0.2) is 21.5 Å². The van der Waals surface area contributed by atoms with Crippen molar-refractivity contribution in [2.24, 2.45) is 0 Å². The van der Waals surface area contributed by atoms with Crippen molar-refractivity contribution in [3.8, 4) is 0 Å². The number of halogens is 4. The Morgan fingerprint density at radius 1 is 1.20 bits per heavy atom. The Bertz CT molecular complexity index is 1110. The lowest BCUT2D eigenvalue weighted by Crippen LogP contribution is -2.10. The van der Waals surface area contributed by atoms with E-state index < -0.39 is 23.5 Å². The van der Waals surface area contributed by atoms with Crippen LogP contribution in [0.5, 0.6) is 0 Å². The molecule has 0 bridgehead atoms. The number of carbonyl (C=O) groups excluding carboxylic acids is 2. The number of carbonyl (C=O) groups is 2. The molecule has 2 aromatic heterocycles. The van der Waals surface area contributed by atoms with Gasteiger partial charge in [-0.05, 0) is 24.3 Å². The van der Waals surface area contributed by atoms with Gasteiger partial charge in [0.1, 0.15) is 11.6 Å². The van der Waals surface area contributed by atoms with E-state index in [0.29, 0.717) is 11.8 Å². The first kappa shape index (κ1) is 21.0. The number of Topliss-reactive ketones (excluding diaryl/α,β-unsaturated/α-hetero) is 1. The molecule has 1 aromatic carbocycles. The molecule has 0 saturated carbocycles. The van der Waals surface area contributed by atoms with Gasteiger partial charge in [-0.2, -0.15) is 18.3 Å².